The predicted molar refractivity (Wildman–Crippen MR) is 78.3 cm³/mol. The first-order valence-electron chi connectivity index (χ1n) is 6.26. The number of halogens is 1. The molecule has 18 heavy (non-hydrogen) atoms. The molecule has 0 saturated carbocycles. The molecule has 0 fully saturated rings. The lowest BCUT2D eigenvalue weighted by atomic mass is 10.1. The van der Waals surface area contributed by atoms with Gasteiger partial charge in [-0.1, -0.05) is 28.1 Å². The molecule has 4 heteroatoms. The maximum Gasteiger partial charge on any atom is 0.220 e. The van der Waals surface area contributed by atoms with Gasteiger partial charge in [-0.15, -0.1) is 0 Å². The molecule has 0 bridgehead atoms. The van der Waals surface area contributed by atoms with E-state index in [2.05, 4.69) is 33.4 Å². The van der Waals surface area contributed by atoms with E-state index in [9.17, 15) is 4.79 Å². The zero-order valence-corrected chi connectivity index (χ0v) is 12.5. The summed E-state index contributed by atoms with van der Waals surface area (Å²) in [6.07, 6.45) is 2.08. The van der Waals surface area contributed by atoms with Crippen LogP contribution in [0.15, 0.2) is 28.7 Å². The first-order valence-corrected chi connectivity index (χ1v) is 7.06. The molecule has 1 amide bonds. The number of hydrogen-bond acceptors (Lipinski definition) is 2. The van der Waals surface area contributed by atoms with Gasteiger partial charge in [0.15, 0.2) is 0 Å². The maximum atomic E-state index is 11.6. The second-order valence-electron chi connectivity index (χ2n) is 4.82. The van der Waals surface area contributed by atoms with Crippen LogP contribution in [0.25, 0.3) is 0 Å². The first-order chi connectivity index (χ1) is 8.47. The quantitative estimate of drug-likeness (QED) is 0.848. The zero-order valence-electron chi connectivity index (χ0n) is 10.9. The average molecular weight is 313 g/mol. The highest BCUT2D eigenvalue weighted by Gasteiger charge is 2.08. The summed E-state index contributed by atoms with van der Waals surface area (Å²) < 4.78 is 1.07. The largest absolute Gasteiger partial charge is 0.353 e. The van der Waals surface area contributed by atoms with Crippen molar-refractivity contribution in [3.05, 3.63) is 34.3 Å². The van der Waals surface area contributed by atoms with Gasteiger partial charge in [-0.3, -0.25) is 4.79 Å². The Morgan fingerprint density at radius 2 is 1.94 bits per heavy atom. The van der Waals surface area contributed by atoms with Gasteiger partial charge >= 0.3 is 0 Å². The van der Waals surface area contributed by atoms with Crippen molar-refractivity contribution in [1.29, 1.82) is 0 Å². The van der Waals surface area contributed by atoms with Crippen LogP contribution in [0.3, 0.4) is 0 Å². The van der Waals surface area contributed by atoms with E-state index < -0.39 is 0 Å². The summed E-state index contributed by atoms with van der Waals surface area (Å²) in [5, 5.41) is 2.99. The Morgan fingerprint density at radius 3 is 2.50 bits per heavy atom. The molecule has 100 valence electrons. The molecule has 0 heterocycles. The number of nitrogens with one attached hydrogen (secondary N) is 1. The maximum absolute atomic E-state index is 11.6. The second-order valence-corrected chi connectivity index (χ2v) is 5.73. The third-order valence-corrected chi connectivity index (χ3v) is 3.22. The molecule has 0 saturated heterocycles. The van der Waals surface area contributed by atoms with Gasteiger partial charge in [0.05, 0.1) is 0 Å². The molecular formula is C14H21BrN2O. The smallest absolute Gasteiger partial charge is 0.220 e. The fourth-order valence-electron chi connectivity index (χ4n) is 1.73. The number of rotatable bonds is 6. The van der Waals surface area contributed by atoms with Crippen molar-refractivity contribution in [2.24, 2.45) is 5.73 Å². The van der Waals surface area contributed by atoms with Crippen LogP contribution in [0.5, 0.6) is 0 Å². The number of hydrogen-bond donors (Lipinski definition) is 2. The SMILES string of the molecule is CC(N)CCC(=O)NC(C)Cc1ccc(Br)cc1. The topological polar surface area (TPSA) is 55.1 Å². The van der Waals surface area contributed by atoms with Crippen molar-refractivity contribution in [2.45, 2.75) is 45.2 Å². The molecule has 1 aromatic carbocycles. The molecule has 0 spiro atoms. The van der Waals surface area contributed by atoms with Gasteiger partial charge < -0.3 is 11.1 Å². The van der Waals surface area contributed by atoms with Crippen molar-refractivity contribution in [1.82, 2.24) is 5.32 Å². The molecule has 0 aliphatic heterocycles. The third-order valence-electron chi connectivity index (χ3n) is 2.69. The van der Waals surface area contributed by atoms with Crippen molar-refractivity contribution < 1.29 is 4.79 Å². The van der Waals surface area contributed by atoms with E-state index in [-0.39, 0.29) is 18.0 Å². The zero-order chi connectivity index (χ0) is 13.5. The van der Waals surface area contributed by atoms with Crippen molar-refractivity contribution in [3.8, 4) is 0 Å². The average Bonchev–Trinajstić information content (AvgIpc) is 2.29. The monoisotopic (exact) mass is 312 g/mol. The summed E-state index contributed by atoms with van der Waals surface area (Å²) in [5.74, 6) is 0.0805. The van der Waals surface area contributed by atoms with E-state index >= 15 is 0 Å². The van der Waals surface area contributed by atoms with Crippen LogP contribution in [-0.4, -0.2) is 18.0 Å². The van der Waals surface area contributed by atoms with Crippen LogP contribution < -0.4 is 11.1 Å². The Balaban J connectivity index is 2.34. The molecular weight excluding hydrogens is 292 g/mol. The van der Waals surface area contributed by atoms with E-state index in [4.69, 9.17) is 5.73 Å². The highest BCUT2D eigenvalue weighted by atomic mass is 79.9. The van der Waals surface area contributed by atoms with Crippen LogP contribution in [0, 0.1) is 0 Å². The fraction of sp³-hybridized carbons (Fsp3) is 0.500. The van der Waals surface area contributed by atoms with Crippen molar-refractivity contribution in [3.63, 3.8) is 0 Å². The summed E-state index contributed by atoms with van der Waals surface area (Å²) >= 11 is 3.40. The lowest BCUT2D eigenvalue weighted by Crippen LogP contribution is -2.34. The van der Waals surface area contributed by atoms with E-state index in [0.29, 0.717) is 6.42 Å². The van der Waals surface area contributed by atoms with Crippen LogP contribution in [0.4, 0.5) is 0 Å². The molecule has 0 radical (unpaired) electrons. The summed E-state index contributed by atoms with van der Waals surface area (Å²) in [5.41, 5.74) is 6.85. The molecule has 2 atom stereocenters. The normalized spacial score (nSPS) is 14.0. The van der Waals surface area contributed by atoms with E-state index in [1.165, 1.54) is 5.56 Å². The highest BCUT2D eigenvalue weighted by Crippen LogP contribution is 2.11. The molecule has 1 aromatic rings. The van der Waals surface area contributed by atoms with Gasteiger partial charge in [-0.2, -0.15) is 0 Å². The van der Waals surface area contributed by atoms with Crippen molar-refractivity contribution in [2.75, 3.05) is 0 Å². The van der Waals surface area contributed by atoms with Crippen LogP contribution in [0.2, 0.25) is 0 Å². The third kappa shape index (κ3) is 6.17. The lowest BCUT2D eigenvalue weighted by Gasteiger charge is -2.14. The van der Waals surface area contributed by atoms with E-state index in [1.807, 2.05) is 26.0 Å². The van der Waals surface area contributed by atoms with Gasteiger partial charge in [-0.05, 0) is 44.4 Å². The first kappa shape index (κ1) is 15.2. The number of amides is 1. The minimum atomic E-state index is 0.0805. The lowest BCUT2D eigenvalue weighted by molar-refractivity contribution is -0.121. The van der Waals surface area contributed by atoms with Crippen LogP contribution in [-0.2, 0) is 11.2 Å². The molecule has 0 aliphatic carbocycles. The van der Waals surface area contributed by atoms with E-state index in [0.717, 1.165) is 17.3 Å². The highest BCUT2D eigenvalue weighted by molar-refractivity contribution is 9.10. The van der Waals surface area contributed by atoms with Crippen LogP contribution >= 0.6 is 15.9 Å². The Hall–Kier alpha value is -0.870. The Morgan fingerprint density at radius 1 is 1.33 bits per heavy atom. The second kappa shape index (κ2) is 7.54. The summed E-state index contributed by atoms with van der Waals surface area (Å²) in [7, 11) is 0. The standard InChI is InChI=1S/C14H21BrN2O/c1-10(16)3-8-14(18)17-11(2)9-12-4-6-13(15)7-5-12/h4-7,10-11H,3,8-9,16H2,1-2H3,(H,17,18). The molecule has 1 rings (SSSR count). The number of carbonyl (C=O) groups is 1. The number of benzene rings is 1. The minimum Gasteiger partial charge on any atom is -0.353 e. The van der Waals surface area contributed by atoms with Gasteiger partial charge in [0.1, 0.15) is 0 Å². The summed E-state index contributed by atoms with van der Waals surface area (Å²) in [6.45, 7) is 3.93. The van der Waals surface area contributed by atoms with Gasteiger partial charge in [-0.25, -0.2) is 0 Å². The number of carbonyl (C=O) groups excluding carboxylic acids is 1. The Labute approximate surface area is 117 Å². The minimum absolute atomic E-state index is 0.0805. The predicted octanol–water partition coefficient (Wildman–Crippen LogP) is 2.62. The molecule has 2 unspecified atom stereocenters. The summed E-state index contributed by atoms with van der Waals surface area (Å²) in [4.78, 5) is 11.6. The molecule has 0 aromatic heterocycles. The van der Waals surface area contributed by atoms with E-state index in [1.54, 1.807) is 0 Å². The van der Waals surface area contributed by atoms with Gasteiger partial charge in [0.2, 0.25) is 5.91 Å². The van der Waals surface area contributed by atoms with Crippen molar-refractivity contribution >= 4 is 21.8 Å². The Bertz CT molecular complexity index is 376. The number of nitrogens with two attached hydrogens (primary N) is 1. The fourth-order valence-corrected chi connectivity index (χ4v) is 2.00. The molecule has 3 nitrogen and oxygen atoms in total. The van der Waals surface area contributed by atoms with Crippen LogP contribution in [0.1, 0.15) is 32.3 Å². The van der Waals surface area contributed by atoms with Gasteiger partial charge in [0, 0.05) is 23.0 Å². The summed E-state index contributed by atoms with van der Waals surface area (Å²) in [6, 6.07) is 8.38. The Kier molecular flexibility index (Phi) is 6.36. The molecule has 0 aliphatic rings. The molecule has 3 N–H and O–H groups in total. The van der Waals surface area contributed by atoms with Gasteiger partial charge in [0.25, 0.3) is 0 Å².